The number of hydrogen-bond donors (Lipinski definition) is 3. The zero-order valence-electron chi connectivity index (χ0n) is 13.1. The average molecular weight is 333 g/mol. The third-order valence-electron chi connectivity index (χ3n) is 4.18. The summed E-state index contributed by atoms with van der Waals surface area (Å²) in [6, 6.07) is 7.05. The molecular formula is C17H21ClN4O. The smallest absolute Gasteiger partial charge is 0.267 e. The van der Waals surface area contributed by atoms with Crippen molar-refractivity contribution in [1.82, 2.24) is 5.32 Å². The number of hydrogen-bond acceptors (Lipinski definition) is 4. The fourth-order valence-electron chi connectivity index (χ4n) is 2.71. The number of nitrogens with zero attached hydrogens (tertiary/aromatic N) is 1. The second kappa shape index (κ2) is 7.89. The summed E-state index contributed by atoms with van der Waals surface area (Å²) in [6.45, 7) is 2.19. The van der Waals surface area contributed by atoms with Gasteiger partial charge in [0.2, 0.25) is 0 Å². The Labute approximate surface area is 141 Å². The Morgan fingerprint density at radius 3 is 2.83 bits per heavy atom. The van der Waals surface area contributed by atoms with Gasteiger partial charge in [-0.15, -0.1) is 0 Å². The minimum Gasteiger partial charge on any atom is -0.398 e. The lowest BCUT2D eigenvalue weighted by molar-refractivity contribution is -0.112. The molecule has 2 unspecified atom stereocenters. The number of anilines is 2. The van der Waals surface area contributed by atoms with Gasteiger partial charge in [0.1, 0.15) is 11.6 Å². The van der Waals surface area contributed by atoms with Crippen molar-refractivity contribution >= 4 is 28.9 Å². The van der Waals surface area contributed by atoms with Crippen LogP contribution in [0.25, 0.3) is 0 Å². The van der Waals surface area contributed by atoms with Gasteiger partial charge in [-0.25, -0.2) is 0 Å². The van der Waals surface area contributed by atoms with Gasteiger partial charge in [0.25, 0.3) is 5.91 Å². The highest BCUT2D eigenvalue weighted by atomic mass is 35.5. The lowest BCUT2D eigenvalue weighted by atomic mass is 9.86. The van der Waals surface area contributed by atoms with E-state index in [2.05, 4.69) is 17.6 Å². The van der Waals surface area contributed by atoms with Crippen LogP contribution in [0.4, 0.5) is 11.4 Å². The summed E-state index contributed by atoms with van der Waals surface area (Å²) in [6.07, 6.45) is 6.16. The van der Waals surface area contributed by atoms with E-state index in [1.165, 1.54) is 25.5 Å². The number of rotatable bonds is 4. The molecule has 0 saturated heterocycles. The molecule has 2 atom stereocenters. The van der Waals surface area contributed by atoms with Gasteiger partial charge in [-0.05, 0) is 37.0 Å². The molecule has 1 aromatic carbocycles. The molecule has 122 valence electrons. The predicted octanol–water partition coefficient (Wildman–Crippen LogP) is 3.44. The minimum absolute atomic E-state index is 0.0377. The number of nitriles is 1. The molecule has 1 aromatic rings. The van der Waals surface area contributed by atoms with Gasteiger partial charge in [-0.3, -0.25) is 4.79 Å². The van der Waals surface area contributed by atoms with Crippen LogP contribution in [0, 0.1) is 17.2 Å². The quantitative estimate of drug-likeness (QED) is 0.447. The van der Waals surface area contributed by atoms with Crippen LogP contribution in [0.3, 0.4) is 0 Å². The van der Waals surface area contributed by atoms with Gasteiger partial charge >= 0.3 is 0 Å². The number of benzene rings is 1. The van der Waals surface area contributed by atoms with Crippen LogP contribution in [0.15, 0.2) is 30.0 Å². The highest BCUT2D eigenvalue weighted by Gasteiger charge is 2.20. The zero-order chi connectivity index (χ0) is 16.8. The van der Waals surface area contributed by atoms with E-state index in [4.69, 9.17) is 17.3 Å². The van der Waals surface area contributed by atoms with Crippen molar-refractivity contribution < 1.29 is 4.79 Å². The number of halogens is 1. The summed E-state index contributed by atoms with van der Waals surface area (Å²) in [5, 5.41) is 15.4. The van der Waals surface area contributed by atoms with Crippen LogP contribution < -0.4 is 16.4 Å². The van der Waals surface area contributed by atoms with Crippen molar-refractivity contribution in [2.24, 2.45) is 5.92 Å². The molecule has 1 aliphatic carbocycles. The summed E-state index contributed by atoms with van der Waals surface area (Å²) in [7, 11) is 0. The number of amides is 1. The first-order valence-corrected chi connectivity index (χ1v) is 8.11. The number of carbonyl (C=O) groups is 1. The van der Waals surface area contributed by atoms with E-state index < -0.39 is 5.91 Å². The molecule has 0 heterocycles. The van der Waals surface area contributed by atoms with E-state index >= 15 is 0 Å². The molecule has 2 rings (SSSR count). The molecule has 5 nitrogen and oxygen atoms in total. The molecule has 6 heteroatoms. The largest absolute Gasteiger partial charge is 0.398 e. The molecule has 1 aliphatic rings. The van der Waals surface area contributed by atoms with Crippen molar-refractivity contribution in [3.63, 3.8) is 0 Å². The van der Waals surface area contributed by atoms with Gasteiger partial charge < -0.3 is 16.4 Å². The highest BCUT2D eigenvalue weighted by Crippen LogP contribution is 2.24. The number of carbonyl (C=O) groups excluding carboxylic acids is 1. The van der Waals surface area contributed by atoms with Gasteiger partial charge in [0.15, 0.2) is 0 Å². The maximum Gasteiger partial charge on any atom is 0.267 e. The Morgan fingerprint density at radius 1 is 1.43 bits per heavy atom. The van der Waals surface area contributed by atoms with E-state index in [-0.39, 0.29) is 5.57 Å². The van der Waals surface area contributed by atoms with E-state index in [0.29, 0.717) is 28.4 Å². The first kappa shape index (κ1) is 17.2. The van der Waals surface area contributed by atoms with E-state index in [1.54, 1.807) is 18.2 Å². The summed E-state index contributed by atoms with van der Waals surface area (Å²) in [5.74, 6) is 0.0724. The molecule has 1 amide bonds. The molecule has 0 spiro atoms. The second-order valence-electron chi connectivity index (χ2n) is 5.90. The van der Waals surface area contributed by atoms with Crippen LogP contribution >= 0.6 is 11.6 Å². The first-order valence-electron chi connectivity index (χ1n) is 7.74. The van der Waals surface area contributed by atoms with Crippen LogP contribution in [-0.4, -0.2) is 11.9 Å². The SMILES string of the molecule is CC1CCCCC1N/C=C(/C#N)C(=O)Nc1ccc(N)c(Cl)c1. The van der Waals surface area contributed by atoms with E-state index in [0.717, 1.165) is 6.42 Å². The Hall–Kier alpha value is -2.19. The van der Waals surface area contributed by atoms with Crippen LogP contribution in [0.5, 0.6) is 0 Å². The predicted molar refractivity (Wildman–Crippen MR) is 92.7 cm³/mol. The average Bonchev–Trinajstić information content (AvgIpc) is 2.53. The molecule has 0 aliphatic heterocycles. The third kappa shape index (κ3) is 4.64. The second-order valence-corrected chi connectivity index (χ2v) is 6.30. The molecule has 0 bridgehead atoms. The van der Waals surface area contributed by atoms with Gasteiger partial charge in [-0.1, -0.05) is 31.4 Å². The Bertz CT molecular complexity index is 650. The van der Waals surface area contributed by atoms with Crippen molar-refractivity contribution in [1.29, 1.82) is 5.26 Å². The van der Waals surface area contributed by atoms with Crippen LogP contribution in [0.1, 0.15) is 32.6 Å². The van der Waals surface area contributed by atoms with Gasteiger partial charge in [-0.2, -0.15) is 5.26 Å². The fourth-order valence-corrected chi connectivity index (χ4v) is 2.89. The Balaban J connectivity index is 2.01. The maximum atomic E-state index is 12.2. The van der Waals surface area contributed by atoms with Crippen LogP contribution in [0.2, 0.25) is 5.02 Å². The van der Waals surface area contributed by atoms with Gasteiger partial charge in [0.05, 0.1) is 10.7 Å². The lowest BCUT2D eigenvalue weighted by Crippen LogP contribution is -2.34. The van der Waals surface area contributed by atoms with E-state index in [9.17, 15) is 10.1 Å². The number of nitrogens with one attached hydrogen (secondary N) is 2. The monoisotopic (exact) mass is 332 g/mol. The van der Waals surface area contributed by atoms with Crippen LogP contribution in [-0.2, 0) is 4.79 Å². The Kier molecular flexibility index (Phi) is 5.89. The summed E-state index contributed by atoms with van der Waals surface area (Å²) < 4.78 is 0. The highest BCUT2D eigenvalue weighted by molar-refractivity contribution is 6.33. The summed E-state index contributed by atoms with van der Waals surface area (Å²) >= 11 is 5.92. The maximum absolute atomic E-state index is 12.2. The first-order chi connectivity index (χ1) is 11.0. The summed E-state index contributed by atoms with van der Waals surface area (Å²) in [4.78, 5) is 12.2. The minimum atomic E-state index is -0.468. The van der Waals surface area contributed by atoms with Crippen molar-refractivity contribution in [2.75, 3.05) is 11.1 Å². The third-order valence-corrected chi connectivity index (χ3v) is 4.50. The molecule has 1 fully saturated rings. The Morgan fingerprint density at radius 2 is 2.17 bits per heavy atom. The standard InChI is InChI=1S/C17H21ClN4O/c1-11-4-2-3-5-16(11)21-10-12(9-19)17(23)22-13-6-7-15(20)14(18)8-13/h6-8,10-11,16,21H,2-5,20H2,1H3,(H,22,23)/b12-10-. The van der Waals surface area contributed by atoms with Crippen molar-refractivity contribution in [2.45, 2.75) is 38.6 Å². The molecule has 0 radical (unpaired) electrons. The van der Waals surface area contributed by atoms with Crippen molar-refractivity contribution in [3.05, 3.63) is 35.0 Å². The van der Waals surface area contributed by atoms with E-state index in [1.807, 2.05) is 6.07 Å². The number of nitrogen functional groups attached to an aromatic ring is 1. The molecule has 23 heavy (non-hydrogen) atoms. The zero-order valence-corrected chi connectivity index (χ0v) is 13.9. The lowest BCUT2D eigenvalue weighted by Gasteiger charge is -2.29. The number of nitrogens with two attached hydrogens (primary N) is 1. The fraction of sp³-hybridized carbons (Fsp3) is 0.412. The molecule has 0 aromatic heterocycles. The summed E-state index contributed by atoms with van der Waals surface area (Å²) in [5.41, 5.74) is 6.61. The normalized spacial score (nSPS) is 21.3. The van der Waals surface area contributed by atoms with Gasteiger partial charge in [0, 0.05) is 17.9 Å². The molecular weight excluding hydrogens is 312 g/mol. The van der Waals surface area contributed by atoms with Crippen molar-refractivity contribution in [3.8, 4) is 6.07 Å². The molecule has 4 N–H and O–H groups in total. The molecule has 1 saturated carbocycles. The topological polar surface area (TPSA) is 90.9 Å².